The van der Waals surface area contributed by atoms with E-state index in [9.17, 15) is 0 Å². The summed E-state index contributed by atoms with van der Waals surface area (Å²) in [5.74, 6) is 0.733. The van der Waals surface area contributed by atoms with E-state index in [-0.39, 0.29) is 0 Å². The average Bonchev–Trinajstić information content (AvgIpc) is 2.71. The molecule has 2 rings (SSSR count). The number of nitrogens with zero attached hydrogens (tertiary/aromatic N) is 2. The monoisotopic (exact) mass is 265 g/mol. The van der Waals surface area contributed by atoms with Gasteiger partial charge in [0, 0.05) is 18.8 Å². The highest BCUT2D eigenvalue weighted by Crippen LogP contribution is 2.15. The lowest BCUT2D eigenvalue weighted by Gasteiger charge is -2.27. The smallest absolute Gasteiger partial charge is 0.0625 e. The van der Waals surface area contributed by atoms with Gasteiger partial charge in [0.05, 0.1) is 12.3 Å². The van der Waals surface area contributed by atoms with Crippen molar-refractivity contribution >= 4 is 0 Å². The van der Waals surface area contributed by atoms with Crippen LogP contribution < -0.4 is 0 Å². The Morgan fingerprint density at radius 3 is 2.89 bits per heavy atom. The van der Waals surface area contributed by atoms with E-state index >= 15 is 0 Å². The van der Waals surface area contributed by atoms with Gasteiger partial charge in [-0.15, -0.1) is 0 Å². The largest absolute Gasteiger partial charge is 0.381 e. The minimum absolute atomic E-state index is 0.733. The van der Waals surface area contributed by atoms with Crippen molar-refractivity contribution in [2.45, 2.75) is 39.5 Å². The number of aromatic amines is 1. The molecule has 1 atom stereocenters. The second-order valence-electron chi connectivity index (χ2n) is 5.86. The van der Waals surface area contributed by atoms with Gasteiger partial charge in [-0.3, -0.25) is 5.10 Å². The van der Waals surface area contributed by atoms with Crippen molar-refractivity contribution in [3.63, 3.8) is 0 Å². The molecule has 1 fully saturated rings. The molecule has 1 aromatic rings. The molecular formula is C15H27N3O. The normalized spacial score (nSPS) is 20.1. The molecule has 0 saturated carbocycles. The van der Waals surface area contributed by atoms with E-state index < -0.39 is 0 Å². The summed E-state index contributed by atoms with van der Waals surface area (Å²) < 4.78 is 5.54. The molecular weight excluding hydrogens is 238 g/mol. The predicted molar refractivity (Wildman–Crippen MR) is 77.4 cm³/mol. The number of hydrogen-bond acceptors (Lipinski definition) is 3. The highest BCUT2D eigenvalue weighted by Gasteiger charge is 2.15. The van der Waals surface area contributed by atoms with Crippen LogP contribution in [0.2, 0.25) is 0 Å². The summed E-state index contributed by atoms with van der Waals surface area (Å²) in [4.78, 5) is 2.45. The molecule has 0 aromatic carbocycles. The van der Waals surface area contributed by atoms with Crippen LogP contribution in [0.5, 0.6) is 0 Å². The quantitative estimate of drug-likeness (QED) is 0.858. The molecule has 0 radical (unpaired) electrons. The van der Waals surface area contributed by atoms with E-state index in [0.29, 0.717) is 0 Å². The zero-order valence-electron chi connectivity index (χ0n) is 12.5. The van der Waals surface area contributed by atoms with Crippen molar-refractivity contribution in [2.24, 2.45) is 5.92 Å². The topological polar surface area (TPSA) is 41.2 Å². The van der Waals surface area contributed by atoms with Gasteiger partial charge in [0.25, 0.3) is 0 Å². The first kappa shape index (κ1) is 14.5. The first-order valence-corrected chi connectivity index (χ1v) is 7.43. The van der Waals surface area contributed by atoms with Crippen molar-refractivity contribution in [3.8, 4) is 0 Å². The van der Waals surface area contributed by atoms with Crippen LogP contribution in [0.25, 0.3) is 0 Å². The molecule has 4 nitrogen and oxygen atoms in total. The Kier molecular flexibility index (Phi) is 5.40. The Morgan fingerprint density at radius 1 is 1.42 bits per heavy atom. The number of ether oxygens (including phenoxy) is 1. The third-order valence-corrected chi connectivity index (χ3v) is 4.07. The van der Waals surface area contributed by atoms with Crippen molar-refractivity contribution in [3.05, 3.63) is 17.0 Å². The Bertz CT molecular complexity index is 363. The standard InChI is InChI=1S/C15H27N3O/c1-12-15(13(2)17-16-12)7-4-8-18(3)10-14-6-5-9-19-11-14/h14H,4-11H2,1-3H3,(H,16,17)/t14-/m1/s1. The van der Waals surface area contributed by atoms with E-state index in [1.165, 1.54) is 37.1 Å². The van der Waals surface area contributed by atoms with Crippen LogP contribution in [-0.4, -0.2) is 48.4 Å². The van der Waals surface area contributed by atoms with Crippen molar-refractivity contribution in [1.82, 2.24) is 15.1 Å². The Labute approximate surface area is 116 Å². The number of H-pyrrole nitrogens is 1. The van der Waals surface area contributed by atoms with E-state index in [0.717, 1.165) is 37.8 Å². The number of hydrogen-bond donors (Lipinski definition) is 1. The van der Waals surface area contributed by atoms with E-state index in [1.807, 2.05) is 0 Å². The van der Waals surface area contributed by atoms with Crippen LogP contribution in [0.1, 0.15) is 36.2 Å². The van der Waals surface area contributed by atoms with Gasteiger partial charge >= 0.3 is 0 Å². The minimum Gasteiger partial charge on any atom is -0.381 e. The first-order chi connectivity index (χ1) is 9.16. The fraction of sp³-hybridized carbons (Fsp3) is 0.800. The maximum atomic E-state index is 5.54. The van der Waals surface area contributed by atoms with Crippen LogP contribution in [-0.2, 0) is 11.2 Å². The number of nitrogens with one attached hydrogen (secondary N) is 1. The molecule has 2 heterocycles. The third kappa shape index (κ3) is 4.32. The Hall–Kier alpha value is -0.870. The fourth-order valence-electron chi connectivity index (χ4n) is 2.95. The number of aryl methyl sites for hydroxylation is 2. The van der Waals surface area contributed by atoms with Crippen LogP contribution in [0, 0.1) is 19.8 Å². The maximum absolute atomic E-state index is 5.54. The van der Waals surface area contributed by atoms with E-state index in [2.05, 4.69) is 36.0 Å². The fourth-order valence-corrected chi connectivity index (χ4v) is 2.95. The molecule has 1 aliphatic rings. The van der Waals surface area contributed by atoms with Crippen LogP contribution in [0.3, 0.4) is 0 Å². The van der Waals surface area contributed by atoms with Gasteiger partial charge in [-0.05, 0) is 64.6 Å². The summed E-state index contributed by atoms with van der Waals surface area (Å²) in [6.45, 7) is 8.42. The molecule has 108 valence electrons. The lowest BCUT2D eigenvalue weighted by atomic mass is 10.0. The minimum atomic E-state index is 0.733. The van der Waals surface area contributed by atoms with Crippen LogP contribution >= 0.6 is 0 Å². The van der Waals surface area contributed by atoms with Gasteiger partial charge in [0.2, 0.25) is 0 Å². The molecule has 1 aromatic heterocycles. The molecule has 0 bridgehead atoms. The SMILES string of the molecule is Cc1n[nH]c(C)c1CCCN(C)C[C@H]1CCCOC1. The Balaban J connectivity index is 1.67. The van der Waals surface area contributed by atoms with Gasteiger partial charge in [0.15, 0.2) is 0 Å². The van der Waals surface area contributed by atoms with Gasteiger partial charge in [-0.2, -0.15) is 5.10 Å². The molecule has 19 heavy (non-hydrogen) atoms. The Morgan fingerprint density at radius 2 is 2.26 bits per heavy atom. The summed E-state index contributed by atoms with van der Waals surface area (Å²) >= 11 is 0. The zero-order valence-corrected chi connectivity index (χ0v) is 12.5. The van der Waals surface area contributed by atoms with Crippen LogP contribution in [0.15, 0.2) is 0 Å². The van der Waals surface area contributed by atoms with E-state index in [4.69, 9.17) is 4.74 Å². The maximum Gasteiger partial charge on any atom is 0.0625 e. The number of aromatic nitrogens is 2. The zero-order chi connectivity index (χ0) is 13.7. The highest BCUT2D eigenvalue weighted by atomic mass is 16.5. The summed E-state index contributed by atoms with van der Waals surface area (Å²) in [6, 6.07) is 0. The third-order valence-electron chi connectivity index (χ3n) is 4.07. The number of rotatable bonds is 6. The van der Waals surface area contributed by atoms with Crippen molar-refractivity contribution in [1.29, 1.82) is 0 Å². The van der Waals surface area contributed by atoms with Crippen molar-refractivity contribution < 1.29 is 4.74 Å². The molecule has 0 amide bonds. The molecule has 0 spiro atoms. The molecule has 1 saturated heterocycles. The molecule has 0 unspecified atom stereocenters. The van der Waals surface area contributed by atoms with Gasteiger partial charge in [0.1, 0.15) is 0 Å². The summed E-state index contributed by atoms with van der Waals surface area (Å²) in [5.41, 5.74) is 3.77. The van der Waals surface area contributed by atoms with Crippen LogP contribution in [0.4, 0.5) is 0 Å². The second-order valence-corrected chi connectivity index (χ2v) is 5.86. The summed E-state index contributed by atoms with van der Waals surface area (Å²) in [5, 5.41) is 7.31. The first-order valence-electron chi connectivity index (χ1n) is 7.43. The van der Waals surface area contributed by atoms with Crippen molar-refractivity contribution in [2.75, 3.05) is 33.4 Å². The lowest BCUT2D eigenvalue weighted by Crippen LogP contribution is -2.31. The van der Waals surface area contributed by atoms with Gasteiger partial charge in [-0.1, -0.05) is 0 Å². The van der Waals surface area contributed by atoms with Gasteiger partial charge in [-0.25, -0.2) is 0 Å². The highest BCUT2D eigenvalue weighted by molar-refractivity contribution is 5.23. The molecule has 0 aliphatic carbocycles. The molecule has 1 N–H and O–H groups in total. The lowest BCUT2D eigenvalue weighted by molar-refractivity contribution is 0.0420. The predicted octanol–water partition coefficient (Wildman–Crippen LogP) is 2.32. The molecule has 4 heteroatoms. The summed E-state index contributed by atoms with van der Waals surface area (Å²) in [6.07, 6.45) is 4.88. The van der Waals surface area contributed by atoms with Gasteiger partial charge < -0.3 is 9.64 Å². The van der Waals surface area contributed by atoms with E-state index in [1.54, 1.807) is 0 Å². The molecule has 1 aliphatic heterocycles. The average molecular weight is 265 g/mol. The summed E-state index contributed by atoms with van der Waals surface area (Å²) in [7, 11) is 2.23. The second kappa shape index (κ2) is 7.06.